The smallest absolute Gasteiger partial charge is 0.308 e. The summed E-state index contributed by atoms with van der Waals surface area (Å²) in [4.78, 5) is 23.0. The molecule has 0 bridgehead atoms. The molecule has 1 aromatic carbocycles. The van der Waals surface area contributed by atoms with Gasteiger partial charge in [-0.2, -0.15) is 0 Å². The van der Waals surface area contributed by atoms with Gasteiger partial charge in [0, 0.05) is 0 Å². The van der Waals surface area contributed by atoms with Crippen LogP contribution in [0.4, 0.5) is 0 Å². The Morgan fingerprint density at radius 1 is 0.964 bits per heavy atom. The fourth-order valence-corrected chi connectivity index (χ4v) is 2.61. The van der Waals surface area contributed by atoms with Crippen LogP contribution in [0.1, 0.15) is 89.2 Å². The SMILES string of the molecule is C.C.C.C.C.C.CCC(CC(CC(C)C(=O)O)C(=O)OC)c1ccc(O)cc1. The number of hydrogen-bond donors (Lipinski definition) is 2. The van der Waals surface area contributed by atoms with Gasteiger partial charge in [0.25, 0.3) is 0 Å². The van der Waals surface area contributed by atoms with Crippen LogP contribution in [0.15, 0.2) is 24.3 Å². The van der Waals surface area contributed by atoms with E-state index in [-0.39, 0.29) is 68.6 Å². The highest BCUT2D eigenvalue weighted by atomic mass is 16.5. The summed E-state index contributed by atoms with van der Waals surface area (Å²) in [6.07, 6.45) is 1.61. The highest BCUT2D eigenvalue weighted by Gasteiger charge is 2.28. The molecule has 1 rings (SSSR count). The zero-order valence-electron chi connectivity index (χ0n) is 13.3. The zero-order chi connectivity index (χ0) is 16.7. The van der Waals surface area contributed by atoms with Crippen LogP contribution < -0.4 is 0 Å². The van der Waals surface area contributed by atoms with Crippen LogP contribution in [0, 0.1) is 11.8 Å². The van der Waals surface area contributed by atoms with Crippen LogP contribution in [0.25, 0.3) is 0 Å². The van der Waals surface area contributed by atoms with E-state index in [0.29, 0.717) is 6.42 Å². The van der Waals surface area contributed by atoms with Crippen molar-refractivity contribution in [3.63, 3.8) is 0 Å². The predicted molar refractivity (Wildman–Crippen MR) is 123 cm³/mol. The van der Waals surface area contributed by atoms with E-state index >= 15 is 0 Å². The van der Waals surface area contributed by atoms with Crippen LogP contribution in [-0.4, -0.2) is 29.3 Å². The quantitative estimate of drug-likeness (QED) is 0.456. The molecular weight excluding hydrogens is 356 g/mol. The number of phenolic OH excluding ortho intramolecular Hbond substituents is 1. The number of phenols is 1. The van der Waals surface area contributed by atoms with Crippen molar-refractivity contribution in [2.45, 2.75) is 83.6 Å². The monoisotopic (exact) mass is 404 g/mol. The third-order valence-corrected chi connectivity index (χ3v) is 4.02. The minimum atomic E-state index is -0.911. The lowest BCUT2D eigenvalue weighted by Crippen LogP contribution is -2.24. The number of rotatable bonds is 8. The van der Waals surface area contributed by atoms with Crippen LogP contribution in [0.3, 0.4) is 0 Å². The summed E-state index contributed by atoms with van der Waals surface area (Å²) < 4.78 is 4.82. The number of aromatic hydroxyl groups is 1. The van der Waals surface area contributed by atoms with Crippen LogP contribution in [-0.2, 0) is 14.3 Å². The molecule has 0 aliphatic rings. The second kappa shape index (κ2) is 19.7. The van der Waals surface area contributed by atoms with Gasteiger partial charge in [-0.1, -0.05) is 70.5 Å². The number of carbonyl (C=O) groups is 2. The molecule has 0 heterocycles. The molecule has 0 aromatic heterocycles. The normalized spacial score (nSPS) is 11.7. The zero-order valence-corrected chi connectivity index (χ0v) is 13.3. The largest absolute Gasteiger partial charge is 0.508 e. The number of benzene rings is 1. The van der Waals surface area contributed by atoms with Crippen molar-refractivity contribution >= 4 is 11.9 Å². The molecule has 0 saturated carbocycles. The molecule has 28 heavy (non-hydrogen) atoms. The molecule has 0 amide bonds. The molecule has 0 aliphatic heterocycles. The molecule has 0 saturated heterocycles. The second-order valence-corrected chi connectivity index (χ2v) is 5.63. The average Bonchev–Trinajstić information content (AvgIpc) is 2.51. The summed E-state index contributed by atoms with van der Waals surface area (Å²) >= 11 is 0. The number of carboxylic acid groups (broad SMARTS) is 1. The van der Waals surface area contributed by atoms with Gasteiger partial charge in [0.15, 0.2) is 0 Å². The van der Waals surface area contributed by atoms with E-state index in [1.54, 1.807) is 19.1 Å². The highest BCUT2D eigenvalue weighted by molar-refractivity contribution is 5.74. The number of methoxy groups -OCH3 is 1. The summed E-state index contributed by atoms with van der Waals surface area (Å²) in [7, 11) is 1.32. The van der Waals surface area contributed by atoms with Gasteiger partial charge in [-0.05, 0) is 42.9 Å². The van der Waals surface area contributed by atoms with Crippen molar-refractivity contribution in [1.82, 2.24) is 0 Å². The lowest BCUT2D eigenvalue weighted by molar-refractivity contribution is -0.148. The topological polar surface area (TPSA) is 83.8 Å². The third-order valence-electron chi connectivity index (χ3n) is 4.02. The maximum atomic E-state index is 12.0. The van der Waals surface area contributed by atoms with E-state index in [1.165, 1.54) is 7.11 Å². The Labute approximate surface area is 175 Å². The second-order valence-electron chi connectivity index (χ2n) is 5.63. The summed E-state index contributed by atoms with van der Waals surface area (Å²) in [5, 5.41) is 18.4. The number of aliphatic carboxylic acids is 1. The van der Waals surface area contributed by atoms with Crippen LogP contribution in [0.2, 0.25) is 0 Å². The van der Waals surface area contributed by atoms with Crippen molar-refractivity contribution in [2.24, 2.45) is 11.8 Å². The fourth-order valence-electron chi connectivity index (χ4n) is 2.61. The summed E-state index contributed by atoms with van der Waals surface area (Å²) in [5.41, 5.74) is 1.03. The van der Waals surface area contributed by atoms with Crippen molar-refractivity contribution in [1.29, 1.82) is 0 Å². The Morgan fingerprint density at radius 2 is 1.43 bits per heavy atom. The Morgan fingerprint density at radius 3 is 1.79 bits per heavy atom. The first-order chi connectivity index (χ1) is 10.4. The van der Waals surface area contributed by atoms with Gasteiger partial charge in [-0.3, -0.25) is 9.59 Å². The van der Waals surface area contributed by atoms with E-state index in [4.69, 9.17) is 9.84 Å². The molecule has 0 spiro atoms. The van der Waals surface area contributed by atoms with Crippen molar-refractivity contribution in [3.8, 4) is 5.75 Å². The molecule has 5 nitrogen and oxygen atoms in total. The van der Waals surface area contributed by atoms with Gasteiger partial charge in [-0.25, -0.2) is 0 Å². The first-order valence-corrected chi connectivity index (χ1v) is 7.48. The highest BCUT2D eigenvalue weighted by Crippen LogP contribution is 2.31. The first kappa shape index (κ1) is 40.6. The first-order valence-electron chi connectivity index (χ1n) is 7.48. The predicted octanol–water partition coefficient (Wildman–Crippen LogP) is 6.99. The molecule has 170 valence electrons. The average molecular weight is 405 g/mol. The van der Waals surface area contributed by atoms with Crippen molar-refractivity contribution in [2.75, 3.05) is 7.11 Å². The molecule has 3 atom stereocenters. The Kier molecular flexibility index (Phi) is 28.6. The maximum absolute atomic E-state index is 12.0. The lowest BCUT2D eigenvalue weighted by Gasteiger charge is -2.22. The number of esters is 1. The lowest BCUT2D eigenvalue weighted by atomic mass is 9.83. The Hall–Kier alpha value is -2.04. The van der Waals surface area contributed by atoms with Gasteiger partial charge >= 0.3 is 11.9 Å². The summed E-state index contributed by atoms with van der Waals surface area (Å²) in [5.74, 6) is -2.01. The van der Waals surface area contributed by atoms with Gasteiger partial charge < -0.3 is 14.9 Å². The molecule has 5 heteroatoms. The molecule has 0 radical (unpaired) electrons. The minimum absolute atomic E-state index is 0. The third kappa shape index (κ3) is 12.4. The molecule has 0 fully saturated rings. The molecule has 1 aromatic rings. The van der Waals surface area contributed by atoms with E-state index in [0.717, 1.165) is 12.0 Å². The molecule has 0 aliphatic carbocycles. The maximum Gasteiger partial charge on any atom is 0.308 e. The minimum Gasteiger partial charge on any atom is -0.508 e. The van der Waals surface area contributed by atoms with Gasteiger partial charge in [0.2, 0.25) is 0 Å². The van der Waals surface area contributed by atoms with Crippen molar-refractivity contribution < 1.29 is 24.5 Å². The number of hydrogen-bond acceptors (Lipinski definition) is 4. The van der Waals surface area contributed by atoms with Gasteiger partial charge in [-0.15, -0.1) is 0 Å². The van der Waals surface area contributed by atoms with E-state index in [1.807, 2.05) is 19.1 Å². The summed E-state index contributed by atoms with van der Waals surface area (Å²) in [6, 6.07) is 6.90. The van der Waals surface area contributed by atoms with E-state index in [9.17, 15) is 14.7 Å². The fraction of sp³-hybridized carbons (Fsp3) is 0.652. The van der Waals surface area contributed by atoms with Crippen LogP contribution >= 0.6 is 0 Å². The number of carbonyl (C=O) groups excluding carboxylic acids is 1. The van der Waals surface area contributed by atoms with E-state index < -0.39 is 17.8 Å². The molecular formula is C23H48O5. The van der Waals surface area contributed by atoms with Crippen LogP contribution in [0.5, 0.6) is 5.75 Å². The Bertz CT molecular complexity index is 496. The van der Waals surface area contributed by atoms with Gasteiger partial charge in [0.1, 0.15) is 5.75 Å². The Balaban J connectivity index is -0.000000202. The molecule has 3 unspecified atom stereocenters. The molecule has 2 N–H and O–H groups in total. The van der Waals surface area contributed by atoms with Crippen molar-refractivity contribution in [3.05, 3.63) is 29.8 Å². The van der Waals surface area contributed by atoms with E-state index in [2.05, 4.69) is 0 Å². The van der Waals surface area contributed by atoms with Gasteiger partial charge in [0.05, 0.1) is 18.9 Å². The summed E-state index contributed by atoms with van der Waals surface area (Å²) in [6.45, 7) is 3.62. The number of ether oxygens (including phenoxy) is 1. The number of carboxylic acids is 1. The standard InChI is InChI=1S/C17H24O5.6CH4/c1-4-12(13-5-7-15(18)8-6-13)10-14(17(21)22-3)9-11(2)16(19)20;;;;;;/h5-8,11-12,14,18H,4,9-10H2,1-3H3,(H,19,20);6*1H4.